The summed E-state index contributed by atoms with van der Waals surface area (Å²) in [6.45, 7) is 3.61. The summed E-state index contributed by atoms with van der Waals surface area (Å²) in [6, 6.07) is 9.71. The van der Waals surface area contributed by atoms with Gasteiger partial charge >= 0.3 is 0 Å². The van der Waals surface area contributed by atoms with Crippen molar-refractivity contribution >= 4 is 29.0 Å². The summed E-state index contributed by atoms with van der Waals surface area (Å²) in [6.07, 6.45) is 3.44. The van der Waals surface area contributed by atoms with E-state index in [-0.39, 0.29) is 18.8 Å². The van der Waals surface area contributed by atoms with Gasteiger partial charge in [0, 0.05) is 12.6 Å². The number of nitrogens with one attached hydrogen (secondary N) is 1. The molecule has 0 radical (unpaired) electrons. The van der Waals surface area contributed by atoms with Crippen LogP contribution in [0.15, 0.2) is 36.5 Å². The smallest absolute Gasteiger partial charge is 0.148 e. The first kappa shape index (κ1) is 22.9. The molecule has 1 aromatic carbocycles. The molecule has 0 saturated carbocycles. The third-order valence-corrected chi connectivity index (χ3v) is 6.12. The van der Waals surface area contributed by atoms with E-state index >= 15 is 0 Å². The molecule has 1 aliphatic carbocycles. The SMILES string of the molecule is CCc1nc(-c2ncc(Cl)cc2Cl)c(CC)nc1N[C@@H]1c2ccccc2C[C@@H]1OCCF. The molecule has 0 fully saturated rings. The van der Waals surface area contributed by atoms with E-state index < -0.39 is 6.67 Å². The van der Waals surface area contributed by atoms with Gasteiger partial charge in [-0.05, 0) is 30.0 Å². The zero-order valence-corrected chi connectivity index (χ0v) is 19.5. The zero-order chi connectivity index (χ0) is 22.7. The molecule has 2 heterocycles. The zero-order valence-electron chi connectivity index (χ0n) is 18.0. The number of aromatic nitrogens is 3. The van der Waals surface area contributed by atoms with Gasteiger partial charge in [0.1, 0.15) is 23.9 Å². The minimum Gasteiger partial charge on any atom is -0.373 e. The predicted molar refractivity (Wildman–Crippen MR) is 126 cm³/mol. The maximum atomic E-state index is 12.8. The summed E-state index contributed by atoms with van der Waals surface area (Å²) in [5.41, 5.74) is 5.16. The number of benzene rings is 1. The fraction of sp³-hybridized carbons (Fsp3) is 0.375. The van der Waals surface area contributed by atoms with Gasteiger partial charge in [0.25, 0.3) is 0 Å². The van der Waals surface area contributed by atoms with Crippen LogP contribution in [-0.4, -0.2) is 34.3 Å². The highest BCUT2D eigenvalue weighted by Crippen LogP contribution is 2.37. The summed E-state index contributed by atoms with van der Waals surface area (Å²) in [4.78, 5) is 14.2. The Morgan fingerprint density at radius 3 is 2.59 bits per heavy atom. The second kappa shape index (κ2) is 10.1. The van der Waals surface area contributed by atoms with E-state index in [0.29, 0.717) is 40.1 Å². The highest BCUT2D eigenvalue weighted by molar-refractivity contribution is 6.36. The molecule has 0 unspecified atom stereocenters. The summed E-state index contributed by atoms with van der Waals surface area (Å²) in [5, 5.41) is 4.47. The van der Waals surface area contributed by atoms with Gasteiger partial charge in [-0.15, -0.1) is 0 Å². The molecular formula is C24H25Cl2FN4O. The number of nitrogens with zero attached hydrogens (tertiary/aromatic N) is 3. The van der Waals surface area contributed by atoms with Crippen LogP contribution in [0.25, 0.3) is 11.4 Å². The number of rotatable bonds is 8. The van der Waals surface area contributed by atoms with Gasteiger partial charge in [-0.1, -0.05) is 61.3 Å². The van der Waals surface area contributed by atoms with Crippen LogP contribution in [0.3, 0.4) is 0 Å². The topological polar surface area (TPSA) is 59.9 Å². The molecule has 5 nitrogen and oxygen atoms in total. The van der Waals surface area contributed by atoms with Gasteiger partial charge in [-0.2, -0.15) is 0 Å². The van der Waals surface area contributed by atoms with Crippen LogP contribution >= 0.6 is 23.2 Å². The van der Waals surface area contributed by atoms with Gasteiger partial charge in [-0.25, -0.2) is 14.4 Å². The van der Waals surface area contributed by atoms with E-state index in [9.17, 15) is 4.39 Å². The average Bonchev–Trinajstić information content (AvgIpc) is 3.15. The number of ether oxygens (including phenoxy) is 1. The second-order valence-corrected chi connectivity index (χ2v) is 8.47. The van der Waals surface area contributed by atoms with E-state index in [2.05, 4.69) is 22.4 Å². The molecule has 8 heteroatoms. The van der Waals surface area contributed by atoms with Crippen LogP contribution < -0.4 is 5.32 Å². The number of alkyl halides is 1. The Hall–Kier alpha value is -2.28. The monoisotopic (exact) mass is 474 g/mol. The lowest BCUT2D eigenvalue weighted by atomic mass is 10.1. The Kier molecular flexibility index (Phi) is 7.23. The normalized spacial score (nSPS) is 17.4. The lowest BCUT2D eigenvalue weighted by Crippen LogP contribution is -2.27. The lowest BCUT2D eigenvalue weighted by molar-refractivity contribution is 0.0393. The molecular weight excluding hydrogens is 450 g/mol. The molecule has 3 aromatic rings. The van der Waals surface area contributed by atoms with E-state index in [1.165, 1.54) is 5.56 Å². The largest absolute Gasteiger partial charge is 0.373 e. The van der Waals surface area contributed by atoms with Crippen molar-refractivity contribution in [1.82, 2.24) is 15.0 Å². The molecule has 1 aliphatic rings. The Balaban J connectivity index is 1.73. The summed E-state index contributed by atoms with van der Waals surface area (Å²) in [7, 11) is 0. The van der Waals surface area contributed by atoms with Crippen LogP contribution in [0.5, 0.6) is 0 Å². The molecule has 168 valence electrons. The van der Waals surface area contributed by atoms with Crippen molar-refractivity contribution in [2.75, 3.05) is 18.6 Å². The van der Waals surface area contributed by atoms with Crippen molar-refractivity contribution in [3.63, 3.8) is 0 Å². The molecule has 0 saturated heterocycles. The first-order chi connectivity index (χ1) is 15.5. The van der Waals surface area contributed by atoms with Gasteiger partial charge in [-0.3, -0.25) is 4.98 Å². The van der Waals surface area contributed by atoms with Crippen molar-refractivity contribution < 1.29 is 9.13 Å². The molecule has 0 aliphatic heterocycles. The fourth-order valence-electron chi connectivity index (χ4n) is 4.12. The van der Waals surface area contributed by atoms with Crippen LogP contribution in [0.4, 0.5) is 10.2 Å². The number of halogens is 3. The van der Waals surface area contributed by atoms with Gasteiger partial charge in [0.15, 0.2) is 0 Å². The third kappa shape index (κ3) is 4.58. The maximum absolute atomic E-state index is 12.8. The Bertz CT molecular complexity index is 1110. The number of hydrogen-bond donors (Lipinski definition) is 1. The van der Waals surface area contributed by atoms with Crippen molar-refractivity contribution in [1.29, 1.82) is 0 Å². The third-order valence-electron chi connectivity index (χ3n) is 5.63. The minimum atomic E-state index is -0.511. The molecule has 4 rings (SSSR count). The predicted octanol–water partition coefficient (Wildman–Crippen LogP) is 6.03. The van der Waals surface area contributed by atoms with Crippen LogP contribution in [0.1, 0.15) is 42.4 Å². The standard InChI is InChI=1S/C24H25Cl2FN4O/c1-3-18-23(22-17(26)12-15(25)13-28-22)29-19(4-2)24(30-18)31-21-16-8-6-5-7-14(16)11-20(21)32-10-9-27/h5-8,12-13,20-21H,3-4,9-11H2,1-2H3,(H,30,31)/t20-,21+/m0/s1. The highest BCUT2D eigenvalue weighted by atomic mass is 35.5. The van der Waals surface area contributed by atoms with Crippen LogP contribution in [0, 0.1) is 0 Å². The van der Waals surface area contributed by atoms with Crippen molar-refractivity contribution in [2.24, 2.45) is 0 Å². The molecule has 0 bridgehead atoms. The lowest BCUT2D eigenvalue weighted by Gasteiger charge is -2.24. The van der Waals surface area contributed by atoms with Crippen LogP contribution in [-0.2, 0) is 24.0 Å². The number of anilines is 1. The summed E-state index contributed by atoms with van der Waals surface area (Å²) >= 11 is 12.4. The first-order valence-electron chi connectivity index (χ1n) is 10.8. The first-order valence-corrected chi connectivity index (χ1v) is 11.5. The Morgan fingerprint density at radius 1 is 1.09 bits per heavy atom. The minimum absolute atomic E-state index is 0.0725. The van der Waals surface area contributed by atoms with E-state index in [4.69, 9.17) is 37.9 Å². The molecule has 2 aromatic heterocycles. The molecule has 2 atom stereocenters. The number of hydrogen-bond acceptors (Lipinski definition) is 5. The molecule has 0 amide bonds. The van der Waals surface area contributed by atoms with E-state index in [1.807, 2.05) is 26.0 Å². The van der Waals surface area contributed by atoms with Crippen molar-refractivity contribution in [2.45, 2.75) is 45.3 Å². The van der Waals surface area contributed by atoms with Crippen LogP contribution in [0.2, 0.25) is 10.0 Å². The van der Waals surface area contributed by atoms with Crippen molar-refractivity contribution in [3.8, 4) is 11.4 Å². The molecule has 0 spiro atoms. The average molecular weight is 475 g/mol. The molecule has 32 heavy (non-hydrogen) atoms. The van der Waals surface area contributed by atoms with E-state index in [0.717, 1.165) is 23.4 Å². The summed E-state index contributed by atoms with van der Waals surface area (Å²) < 4.78 is 18.7. The van der Waals surface area contributed by atoms with Gasteiger partial charge in [0.05, 0.1) is 40.2 Å². The number of pyridine rings is 1. The number of fused-ring (bicyclic) bond motifs is 1. The fourth-order valence-corrected chi connectivity index (χ4v) is 4.59. The Labute approximate surface area is 197 Å². The quantitative estimate of drug-likeness (QED) is 0.431. The molecule has 1 N–H and O–H groups in total. The van der Waals surface area contributed by atoms with Crippen molar-refractivity contribution in [3.05, 3.63) is 69.1 Å². The summed E-state index contributed by atoms with van der Waals surface area (Å²) in [5.74, 6) is 0.703. The van der Waals surface area contributed by atoms with E-state index in [1.54, 1.807) is 12.3 Å². The van der Waals surface area contributed by atoms with Gasteiger partial charge in [0.2, 0.25) is 0 Å². The second-order valence-electron chi connectivity index (χ2n) is 7.63. The highest BCUT2D eigenvalue weighted by Gasteiger charge is 2.34. The Morgan fingerprint density at radius 2 is 1.88 bits per heavy atom. The van der Waals surface area contributed by atoms with Gasteiger partial charge < -0.3 is 10.1 Å². The maximum Gasteiger partial charge on any atom is 0.148 e. The number of aryl methyl sites for hydroxylation is 2.